The number of nitrogens with zero attached hydrogens (tertiary/aromatic N) is 3. The second-order valence-corrected chi connectivity index (χ2v) is 5.08. The molecule has 4 heteroatoms. The van der Waals surface area contributed by atoms with Gasteiger partial charge in [0.25, 0.3) is 0 Å². The first-order chi connectivity index (χ1) is 8.58. The van der Waals surface area contributed by atoms with E-state index in [1.807, 2.05) is 18.2 Å². The fraction of sp³-hybridized carbons (Fsp3) is 0.429. The van der Waals surface area contributed by atoms with Crippen molar-refractivity contribution in [3.8, 4) is 0 Å². The molecule has 1 heterocycles. The standard InChI is InChI=1S/C14H20N4/c1-10(2)6-7-18(3)14-12-8-11(15)4-5-13(12)16-9-17-14/h4-5,8-10H,6-7,15H2,1-3H3. The van der Waals surface area contributed by atoms with Crippen LogP contribution in [0.4, 0.5) is 11.5 Å². The number of rotatable bonds is 4. The van der Waals surface area contributed by atoms with Crippen LogP contribution in [-0.4, -0.2) is 23.6 Å². The van der Waals surface area contributed by atoms with Crippen molar-refractivity contribution in [1.29, 1.82) is 0 Å². The van der Waals surface area contributed by atoms with Gasteiger partial charge in [0.1, 0.15) is 12.1 Å². The molecule has 0 unspecified atom stereocenters. The van der Waals surface area contributed by atoms with Gasteiger partial charge < -0.3 is 10.6 Å². The fourth-order valence-electron chi connectivity index (χ4n) is 1.92. The molecule has 0 saturated carbocycles. The van der Waals surface area contributed by atoms with Gasteiger partial charge in [0.2, 0.25) is 0 Å². The predicted octanol–water partition coefficient (Wildman–Crippen LogP) is 2.69. The minimum atomic E-state index is 0.686. The highest BCUT2D eigenvalue weighted by molar-refractivity contribution is 5.91. The van der Waals surface area contributed by atoms with Crippen LogP contribution in [-0.2, 0) is 0 Å². The molecular formula is C14H20N4. The van der Waals surface area contributed by atoms with Gasteiger partial charge in [-0.25, -0.2) is 9.97 Å². The lowest BCUT2D eigenvalue weighted by Crippen LogP contribution is -2.21. The van der Waals surface area contributed by atoms with Gasteiger partial charge in [-0.2, -0.15) is 0 Å². The van der Waals surface area contributed by atoms with Crippen molar-refractivity contribution >= 4 is 22.4 Å². The van der Waals surface area contributed by atoms with Gasteiger partial charge in [0.05, 0.1) is 5.52 Å². The van der Waals surface area contributed by atoms with E-state index in [9.17, 15) is 0 Å². The lowest BCUT2D eigenvalue weighted by molar-refractivity contribution is 0.584. The first kappa shape index (κ1) is 12.6. The molecule has 2 rings (SSSR count). The minimum absolute atomic E-state index is 0.686. The molecule has 18 heavy (non-hydrogen) atoms. The summed E-state index contributed by atoms with van der Waals surface area (Å²) in [5.74, 6) is 1.64. The Morgan fingerprint density at radius 3 is 2.78 bits per heavy atom. The smallest absolute Gasteiger partial charge is 0.139 e. The Morgan fingerprint density at radius 1 is 1.28 bits per heavy atom. The number of anilines is 2. The zero-order chi connectivity index (χ0) is 13.1. The van der Waals surface area contributed by atoms with Gasteiger partial charge in [-0.15, -0.1) is 0 Å². The van der Waals surface area contributed by atoms with Crippen molar-refractivity contribution in [2.75, 3.05) is 24.2 Å². The van der Waals surface area contributed by atoms with E-state index in [0.717, 1.165) is 35.4 Å². The molecule has 1 aromatic heterocycles. The van der Waals surface area contributed by atoms with Gasteiger partial charge in [-0.05, 0) is 30.5 Å². The van der Waals surface area contributed by atoms with Crippen molar-refractivity contribution in [2.45, 2.75) is 20.3 Å². The van der Waals surface area contributed by atoms with E-state index in [1.54, 1.807) is 6.33 Å². The lowest BCUT2D eigenvalue weighted by Gasteiger charge is -2.20. The average Bonchev–Trinajstić information content (AvgIpc) is 2.35. The lowest BCUT2D eigenvalue weighted by atomic mass is 10.1. The van der Waals surface area contributed by atoms with E-state index in [2.05, 4.69) is 35.8 Å². The van der Waals surface area contributed by atoms with E-state index in [-0.39, 0.29) is 0 Å². The number of aromatic nitrogens is 2. The molecule has 0 aliphatic heterocycles. The number of hydrogen-bond acceptors (Lipinski definition) is 4. The molecule has 4 nitrogen and oxygen atoms in total. The summed E-state index contributed by atoms with van der Waals surface area (Å²) in [7, 11) is 2.06. The predicted molar refractivity (Wildman–Crippen MR) is 76.7 cm³/mol. The van der Waals surface area contributed by atoms with Crippen LogP contribution in [0.2, 0.25) is 0 Å². The van der Waals surface area contributed by atoms with E-state index in [0.29, 0.717) is 5.92 Å². The van der Waals surface area contributed by atoms with Crippen LogP contribution in [0.3, 0.4) is 0 Å². The van der Waals surface area contributed by atoms with Gasteiger partial charge in [0.15, 0.2) is 0 Å². The molecule has 2 N–H and O–H groups in total. The quantitative estimate of drug-likeness (QED) is 0.840. The third-order valence-corrected chi connectivity index (χ3v) is 3.04. The maximum atomic E-state index is 5.84. The Balaban J connectivity index is 2.34. The number of nitrogen functional groups attached to an aromatic ring is 1. The fourth-order valence-corrected chi connectivity index (χ4v) is 1.92. The average molecular weight is 244 g/mol. The second kappa shape index (κ2) is 5.21. The molecule has 2 aromatic rings. The zero-order valence-corrected chi connectivity index (χ0v) is 11.2. The molecule has 0 saturated heterocycles. The third kappa shape index (κ3) is 2.70. The van der Waals surface area contributed by atoms with Crippen LogP contribution in [0.25, 0.3) is 10.9 Å². The second-order valence-electron chi connectivity index (χ2n) is 5.08. The van der Waals surface area contributed by atoms with E-state index in [1.165, 1.54) is 0 Å². The highest BCUT2D eigenvalue weighted by atomic mass is 15.2. The number of fused-ring (bicyclic) bond motifs is 1. The molecule has 0 fully saturated rings. The Kier molecular flexibility index (Phi) is 3.65. The Bertz CT molecular complexity index is 536. The highest BCUT2D eigenvalue weighted by Crippen LogP contribution is 2.24. The molecule has 0 spiro atoms. The normalized spacial score (nSPS) is 11.1. The summed E-state index contributed by atoms with van der Waals surface area (Å²) >= 11 is 0. The van der Waals surface area contributed by atoms with Gasteiger partial charge in [0, 0.05) is 24.7 Å². The van der Waals surface area contributed by atoms with Gasteiger partial charge >= 0.3 is 0 Å². The molecule has 0 atom stereocenters. The summed E-state index contributed by atoms with van der Waals surface area (Å²) in [6.45, 7) is 5.44. The molecule has 0 bridgehead atoms. The maximum Gasteiger partial charge on any atom is 0.139 e. The van der Waals surface area contributed by atoms with Crippen LogP contribution in [0.1, 0.15) is 20.3 Å². The maximum absolute atomic E-state index is 5.84. The summed E-state index contributed by atoms with van der Waals surface area (Å²) in [4.78, 5) is 10.8. The molecule has 1 aromatic carbocycles. The van der Waals surface area contributed by atoms with Crippen LogP contribution >= 0.6 is 0 Å². The number of nitrogens with two attached hydrogens (primary N) is 1. The summed E-state index contributed by atoms with van der Waals surface area (Å²) in [6, 6.07) is 5.75. The largest absolute Gasteiger partial charge is 0.399 e. The van der Waals surface area contributed by atoms with Crippen LogP contribution < -0.4 is 10.6 Å². The number of benzene rings is 1. The van der Waals surface area contributed by atoms with Crippen LogP contribution in [0, 0.1) is 5.92 Å². The van der Waals surface area contributed by atoms with E-state index >= 15 is 0 Å². The molecule has 0 amide bonds. The molecule has 0 radical (unpaired) electrons. The van der Waals surface area contributed by atoms with Crippen LogP contribution in [0.5, 0.6) is 0 Å². The Morgan fingerprint density at radius 2 is 2.06 bits per heavy atom. The van der Waals surface area contributed by atoms with Crippen molar-refractivity contribution in [3.63, 3.8) is 0 Å². The third-order valence-electron chi connectivity index (χ3n) is 3.04. The number of hydrogen-bond donors (Lipinski definition) is 1. The molecule has 96 valence electrons. The summed E-state index contributed by atoms with van der Waals surface area (Å²) < 4.78 is 0. The van der Waals surface area contributed by atoms with Crippen molar-refractivity contribution < 1.29 is 0 Å². The Hall–Kier alpha value is -1.84. The highest BCUT2D eigenvalue weighted by Gasteiger charge is 2.09. The van der Waals surface area contributed by atoms with Crippen molar-refractivity contribution in [1.82, 2.24) is 9.97 Å². The van der Waals surface area contributed by atoms with Gasteiger partial charge in [-0.1, -0.05) is 13.8 Å². The van der Waals surface area contributed by atoms with E-state index < -0.39 is 0 Å². The monoisotopic (exact) mass is 244 g/mol. The van der Waals surface area contributed by atoms with Crippen molar-refractivity contribution in [2.24, 2.45) is 5.92 Å². The Labute approximate surface area is 108 Å². The molecule has 0 aliphatic rings. The first-order valence-corrected chi connectivity index (χ1v) is 6.29. The van der Waals surface area contributed by atoms with Crippen molar-refractivity contribution in [3.05, 3.63) is 24.5 Å². The topological polar surface area (TPSA) is 55.0 Å². The van der Waals surface area contributed by atoms with E-state index in [4.69, 9.17) is 5.73 Å². The first-order valence-electron chi connectivity index (χ1n) is 6.29. The minimum Gasteiger partial charge on any atom is -0.399 e. The summed E-state index contributed by atoms with van der Waals surface area (Å²) in [6.07, 6.45) is 2.75. The summed E-state index contributed by atoms with van der Waals surface area (Å²) in [5, 5.41) is 1.02. The summed E-state index contributed by atoms with van der Waals surface area (Å²) in [5.41, 5.74) is 7.52. The van der Waals surface area contributed by atoms with Crippen LogP contribution in [0.15, 0.2) is 24.5 Å². The SMILES string of the molecule is CC(C)CCN(C)c1ncnc2ccc(N)cc12. The zero-order valence-electron chi connectivity index (χ0n) is 11.2. The molecular weight excluding hydrogens is 224 g/mol. The van der Waals surface area contributed by atoms with Gasteiger partial charge in [-0.3, -0.25) is 0 Å². The molecule has 0 aliphatic carbocycles.